The molecule has 0 radical (unpaired) electrons. The minimum Gasteiger partial charge on any atom is -0.452 e. The summed E-state index contributed by atoms with van der Waals surface area (Å²) in [5.41, 5.74) is 13.6. The van der Waals surface area contributed by atoms with Crippen molar-refractivity contribution >= 4 is 53.6 Å². The maximum absolute atomic E-state index is 6.48. The van der Waals surface area contributed by atoms with Gasteiger partial charge in [-0.15, -0.1) is 11.3 Å². The molecular weight excluding hydrogens is 629 g/mol. The zero-order valence-corrected chi connectivity index (χ0v) is 27.7. The van der Waals surface area contributed by atoms with Crippen LogP contribution in [0.1, 0.15) is 0 Å². The van der Waals surface area contributed by atoms with Gasteiger partial charge in [0.05, 0.1) is 0 Å². The van der Waals surface area contributed by atoms with Crippen LogP contribution in [-0.4, -0.2) is 9.97 Å². The van der Waals surface area contributed by atoms with Gasteiger partial charge in [-0.3, -0.25) is 0 Å². The van der Waals surface area contributed by atoms with Crippen LogP contribution in [0.3, 0.4) is 0 Å². The summed E-state index contributed by atoms with van der Waals surface area (Å²) in [6.07, 6.45) is 1.65. The van der Waals surface area contributed by atoms with E-state index in [1.165, 1.54) is 48.0 Å². The van der Waals surface area contributed by atoms with Gasteiger partial charge in [0.15, 0.2) is 5.58 Å². The summed E-state index contributed by atoms with van der Waals surface area (Å²) < 4.78 is 9.08. The van der Waals surface area contributed by atoms with Gasteiger partial charge in [0.2, 0.25) is 0 Å². The molecule has 0 aliphatic carbocycles. The second-order valence-corrected chi connectivity index (χ2v) is 13.6. The Bertz CT molecular complexity index is 2850. The van der Waals surface area contributed by atoms with E-state index >= 15 is 0 Å². The van der Waals surface area contributed by atoms with Gasteiger partial charge < -0.3 is 4.42 Å². The molecule has 0 atom stereocenters. The normalized spacial score (nSPS) is 11.6. The molecule has 0 aliphatic heterocycles. The minimum absolute atomic E-state index is 0.700. The molecule has 0 aliphatic rings. The van der Waals surface area contributed by atoms with Crippen molar-refractivity contribution in [3.63, 3.8) is 0 Å². The summed E-state index contributed by atoms with van der Waals surface area (Å²) in [4.78, 5) is 9.46. The Kier molecular flexibility index (Phi) is 6.68. The molecule has 0 N–H and O–H groups in total. The SMILES string of the molecule is c1ccc(-c2ccc(-c3ccc(-c4ccc5oc6c(-c7cccc(-c8cccc9c8sc8ccccc89)c7)ncnc6c5c4)cc3)cc2)cc1. The van der Waals surface area contributed by atoms with E-state index in [4.69, 9.17) is 14.4 Å². The fraction of sp³-hybridized carbons (Fsp3) is 0. The average Bonchev–Trinajstić information content (AvgIpc) is 3.77. The molecule has 50 heavy (non-hydrogen) atoms. The van der Waals surface area contributed by atoms with Gasteiger partial charge in [0.1, 0.15) is 23.1 Å². The number of hydrogen-bond acceptors (Lipinski definition) is 4. The predicted molar refractivity (Wildman–Crippen MR) is 209 cm³/mol. The molecule has 234 valence electrons. The van der Waals surface area contributed by atoms with Gasteiger partial charge >= 0.3 is 0 Å². The molecular formula is C46H28N2OS. The molecule has 0 bridgehead atoms. The third kappa shape index (κ3) is 4.80. The van der Waals surface area contributed by atoms with Gasteiger partial charge in [-0.25, -0.2) is 9.97 Å². The summed E-state index contributed by atoms with van der Waals surface area (Å²) in [6.45, 7) is 0. The lowest BCUT2D eigenvalue weighted by Gasteiger charge is -2.07. The van der Waals surface area contributed by atoms with Crippen LogP contribution in [0, 0.1) is 0 Å². The van der Waals surface area contributed by atoms with Crippen molar-refractivity contribution in [3.8, 4) is 55.8 Å². The fourth-order valence-electron chi connectivity index (χ4n) is 7.11. The minimum atomic E-state index is 0.700. The number of aromatic nitrogens is 2. The first-order chi connectivity index (χ1) is 24.8. The Labute approximate surface area is 292 Å². The van der Waals surface area contributed by atoms with E-state index < -0.39 is 0 Å². The highest BCUT2D eigenvalue weighted by molar-refractivity contribution is 7.26. The second kappa shape index (κ2) is 11.7. The Hall–Kier alpha value is -6.36. The van der Waals surface area contributed by atoms with Crippen LogP contribution in [0.5, 0.6) is 0 Å². The second-order valence-electron chi connectivity index (χ2n) is 12.6. The lowest BCUT2D eigenvalue weighted by Crippen LogP contribution is -1.88. The van der Waals surface area contributed by atoms with E-state index in [2.05, 4.69) is 152 Å². The van der Waals surface area contributed by atoms with Crippen LogP contribution in [0.2, 0.25) is 0 Å². The van der Waals surface area contributed by atoms with E-state index in [-0.39, 0.29) is 0 Å². The van der Waals surface area contributed by atoms with E-state index in [0.717, 1.165) is 44.4 Å². The molecule has 3 heterocycles. The van der Waals surface area contributed by atoms with E-state index in [9.17, 15) is 0 Å². The highest BCUT2D eigenvalue weighted by Gasteiger charge is 2.17. The van der Waals surface area contributed by atoms with Gasteiger partial charge in [0.25, 0.3) is 0 Å². The maximum Gasteiger partial charge on any atom is 0.180 e. The van der Waals surface area contributed by atoms with Crippen LogP contribution in [0.25, 0.3) is 98.0 Å². The number of benzene rings is 7. The molecule has 0 amide bonds. The summed E-state index contributed by atoms with van der Waals surface area (Å²) in [5.74, 6) is 0. The van der Waals surface area contributed by atoms with Gasteiger partial charge in [-0.05, 0) is 68.8 Å². The van der Waals surface area contributed by atoms with Crippen LogP contribution in [0.4, 0.5) is 0 Å². The largest absolute Gasteiger partial charge is 0.452 e. The van der Waals surface area contributed by atoms with E-state index in [1.54, 1.807) is 6.33 Å². The van der Waals surface area contributed by atoms with Gasteiger partial charge in [-0.2, -0.15) is 0 Å². The number of thiophene rings is 1. The number of fused-ring (bicyclic) bond motifs is 6. The molecule has 7 aromatic carbocycles. The number of hydrogen-bond donors (Lipinski definition) is 0. The van der Waals surface area contributed by atoms with Gasteiger partial charge in [-0.1, -0.05) is 140 Å². The number of rotatable bonds is 5. The van der Waals surface area contributed by atoms with E-state index in [0.29, 0.717) is 5.58 Å². The topological polar surface area (TPSA) is 38.9 Å². The van der Waals surface area contributed by atoms with Crippen LogP contribution >= 0.6 is 11.3 Å². The predicted octanol–water partition coefficient (Wildman–Crippen LogP) is 13.1. The molecule has 0 fully saturated rings. The Morgan fingerprint density at radius 3 is 1.80 bits per heavy atom. The molecule has 0 spiro atoms. The average molecular weight is 657 g/mol. The number of furan rings is 1. The molecule has 3 aromatic heterocycles. The summed E-state index contributed by atoms with van der Waals surface area (Å²) >= 11 is 1.84. The lowest BCUT2D eigenvalue weighted by atomic mass is 9.97. The zero-order valence-electron chi connectivity index (χ0n) is 26.9. The highest BCUT2D eigenvalue weighted by atomic mass is 32.1. The summed E-state index contributed by atoms with van der Waals surface area (Å²) in [7, 11) is 0. The van der Waals surface area contributed by atoms with Crippen LogP contribution in [-0.2, 0) is 0 Å². The van der Waals surface area contributed by atoms with Crippen molar-refractivity contribution < 1.29 is 4.42 Å². The molecule has 10 aromatic rings. The van der Waals surface area contributed by atoms with Crippen molar-refractivity contribution in [2.24, 2.45) is 0 Å². The molecule has 0 saturated carbocycles. The zero-order chi connectivity index (χ0) is 33.0. The Morgan fingerprint density at radius 2 is 1.02 bits per heavy atom. The summed E-state index contributed by atoms with van der Waals surface area (Å²) in [6, 6.07) is 58.2. The molecule has 3 nitrogen and oxygen atoms in total. The first-order valence-corrected chi connectivity index (χ1v) is 17.5. The third-order valence-electron chi connectivity index (χ3n) is 9.65. The molecule has 4 heteroatoms. The Morgan fingerprint density at radius 1 is 0.420 bits per heavy atom. The molecule has 0 saturated heterocycles. The molecule has 10 rings (SSSR count). The first-order valence-electron chi connectivity index (χ1n) is 16.7. The van der Waals surface area contributed by atoms with Crippen LogP contribution < -0.4 is 0 Å². The monoisotopic (exact) mass is 656 g/mol. The van der Waals surface area contributed by atoms with Gasteiger partial charge in [0, 0.05) is 31.1 Å². The van der Waals surface area contributed by atoms with Crippen molar-refractivity contribution in [2.45, 2.75) is 0 Å². The molecule has 0 unspecified atom stereocenters. The first kappa shape index (κ1) is 28.6. The fourth-order valence-corrected chi connectivity index (χ4v) is 8.35. The maximum atomic E-state index is 6.48. The smallest absolute Gasteiger partial charge is 0.180 e. The van der Waals surface area contributed by atoms with Crippen molar-refractivity contribution in [2.75, 3.05) is 0 Å². The van der Waals surface area contributed by atoms with Crippen molar-refractivity contribution in [3.05, 3.63) is 170 Å². The van der Waals surface area contributed by atoms with Crippen LogP contribution in [0.15, 0.2) is 175 Å². The van der Waals surface area contributed by atoms with E-state index in [1.807, 2.05) is 23.5 Å². The highest BCUT2D eigenvalue weighted by Crippen LogP contribution is 2.41. The third-order valence-corrected chi connectivity index (χ3v) is 10.9. The van der Waals surface area contributed by atoms with Crippen molar-refractivity contribution in [1.29, 1.82) is 0 Å². The number of nitrogens with zero attached hydrogens (tertiary/aromatic N) is 2. The lowest BCUT2D eigenvalue weighted by molar-refractivity contribution is 0.667. The standard InChI is InChI=1S/C46H28N2OS/c1-2-8-29(9-3-1)30-16-18-31(19-17-30)32-20-22-33(23-21-32)34-24-25-41-40(27-34)44-45(49-41)43(47-28-48-44)36-11-6-10-35(26-36)37-13-7-14-39-38-12-4-5-15-42(38)50-46(37)39/h1-28H. The quantitative estimate of drug-likeness (QED) is 0.185. The van der Waals surface area contributed by atoms with Crippen molar-refractivity contribution in [1.82, 2.24) is 9.97 Å². The Balaban J connectivity index is 0.988. The summed E-state index contributed by atoms with van der Waals surface area (Å²) in [5, 5.41) is 3.57.